The van der Waals surface area contributed by atoms with E-state index in [9.17, 15) is 0 Å². The van der Waals surface area contributed by atoms with Crippen molar-refractivity contribution in [1.29, 1.82) is 0 Å². The fourth-order valence-corrected chi connectivity index (χ4v) is 9.08. The van der Waals surface area contributed by atoms with Crippen molar-refractivity contribution < 1.29 is 8.83 Å². The van der Waals surface area contributed by atoms with Crippen LogP contribution in [0.25, 0.3) is 122 Å². The van der Waals surface area contributed by atoms with Gasteiger partial charge < -0.3 is 13.4 Å². The third kappa shape index (κ3) is 4.30. The zero-order valence-corrected chi connectivity index (χ0v) is 30.8. The van der Waals surface area contributed by atoms with Crippen LogP contribution in [0.5, 0.6) is 0 Å². The maximum atomic E-state index is 7.12. The second kappa shape index (κ2) is 11.7. The Labute approximate surface area is 329 Å². The van der Waals surface area contributed by atoms with Crippen molar-refractivity contribution in [3.8, 4) is 34.4 Å². The van der Waals surface area contributed by atoms with Crippen LogP contribution in [0, 0.1) is 0 Å². The highest BCUT2D eigenvalue weighted by Crippen LogP contribution is 2.44. The number of hydrogen-bond donors (Lipinski definition) is 0. The molecule has 58 heavy (non-hydrogen) atoms. The van der Waals surface area contributed by atoms with Gasteiger partial charge >= 0.3 is 0 Å². The fourth-order valence-electron chi connectivity index (χ4n) is 9.08. The lowest BCUT2D eigenvalue weighted by Crippen LogP contribution is -2.06. The highest BCUT2D eigenvalue weighted by Gasteiger charge is 2.24. The molecule has 13 aromatic rings. The summed E-state index contributed by atoms with van der Waals surface area (Å²) in [6.45, 7) is 0. The molecule has 0 spiro atoms. The van der Waals surface area contributed by atoms with E-state index in [2.05, 4.69) is 137 Å². The van der Waals surface area contributed by atoms with Gasteiger partial charge in [-0.2, -0.15) is 9.97 Å². The third-order valence-corrected chi connectivity index (χ3v) is 11.6. The predicted octanol–water partition coefficient (Wildman–Crippen LogP) is 13.2. The Hall–Kier alpha value is -8.03. The topological polar surface area (TPSA) is 74.8 Å². The molecule has 0 saturated carbocycles. The maximum Gasteiger partial charge on any atom is 0.238 e. The molecule has 0 amide bonds. The normalized spacial score (nSPS) is 12.1. The first-order chi connectivity index (χ1) is 28.8. The Bertz CT molecular complexity index is 3760. The van der Waals surface area contributed by atoms with Crippen molar-refractivity contribution >= 4 is 87.5 Å². The number of furan rings is 2. The van der Waals surface area contributed by atoms with Gasteiger partial charge in [0.25, 0.3) is 0 Å². The molecule has 0 aliphatic rings. The molecule has 0 radical (unpaired) electrons. The average Bonchev–Trinajstić information content (AvgIpc) is 4.04. The summed E-state index contributed by atoms with van der Waals surface area (Å²) in [5.74, 6) is 1.64. The Kier molecular flexibility index (Phi) is 6.32. The number of hydrogen-bond acceptors (Lipinski definition) is 5. The van der Waals surface area contributed by atoms with Gasteiger partial charge in [0, 0.05) is 48.7 Å². The molecule has 8 aromatic carbocycles. The molecule has 5 aromatic heterocycles. The van der Waals surface area contributed by atoms with Crippen molar-refractivity contribution in [3.05, 3.63) is 176 Å². The van der Waals surface area contributed by atoms with E-state index in [0.29, 0.717) is 23.2 Å². The lowest BCUT2D eigenvalue weighted by Gasteiger charge is -2.11. The van der Waals surface area contributed by atoms with Gasteiger partial charge in [-0.05, 0) is 42.5 Å². The van der Waals surface area contributed by atoms with Crippen molar-refractivity contribution in [2.45, 2.75) is 0 Å². The number of rotatable bonds is 4. The van der Waals surface area contributed by atoms with Gasteiger partial charge in [-0.1, -0.05) is 133 Å². The SMILES string of the molecule is c1ccc(-c2nc(-c3cccc4c3oc3c(-n5c6ccccc6c6ccc7c8ccccc8oc7c65)cccc34)nc(-n3c4ccccc4c4ccccc43)n2)cc1. The van der Waals surface area contributed by atoms with Crippen molar-refractivity contribution in [1.82, 2.24) is 24.1 Å². The Morgan fingerprint density at radius 1 is 0.345 bits per heavy atom. The summed E-state index contributed by atoms with van der Waals surface area (Å²) in [4.78, 5) is 15.6. The molecule has 0 bridgehead atoms. The molecule has 7 nitrogen and oxygen atoms in total. The van der Waals surface area contributed by atoms with Crippen molar-refractivity contribution in [2.75, 3.05) is 0 Å². The average molecular weight is 744 g/mol. The van der Waals surface area contributed by atoms with E-state index >= 15 is 0 Å². The van der Waals surface area contributed by atoms with Crippen LogP contribution in [0.1, 0.15) is 0 Å². The first-order valence-corrected chi connectivity index (χ1v) is 19.4. The van der Waals surface area contributed by atoms with E-state index in [1.54, 1.807) is 0 Å². The molecule has 0 aliphatic heterocycles. The molecule has 0 atom stereocenters. The molecule has 0 aliphatic carbocycles. The van der Waals surface area contributed by atoms with Gasteiger partial charge in [-0.3, -0.25) is 4.57 Å². The zero-order valence-electron chi connectivity index (χ0n) is 30.8. The van der Waals surface area contributed by atoms with Crippen molar-refractivity contribution in [3.63, 3.8) is 0 Å². The molecule has 5 heterocycles. The quantitative estimate of drug-likeness (QED) is 0.179. The summed E-state index contributed by atoms with van der Waals surface area (Å²) in [6, 6.07) is 60.6. The lowest BCUT2D eigenvalue weighted by molar-refractivity contribution is 0.665. The van der Waals surface area contributed by atoms with Gasteiger partial charge in [0.05, 0.1) is 33.3 Å². The number of benzene rings is 8. The van der Waals surface area contributed by atoms with E-state index < -0.39 is 0 Å². The van der Waals surface area contributed by atoms with Crippen LogP contribution in [-0.4, -0.2) is 24.1 Å². The summed E-state index contributed by atoms with van der Waals surface area (Å²) in [6.07, 6.45) is 0. The minimum Gasteiger partial charge on any atom is -0.454 e. The molecule has 13 rings (SSSR count). The number of fused-ring (bicyclic) bond motifs is 13. The second-order valence-electron chi connectivity index (χ2n) is 14.7. The number of nitrogens with zero attached hydrogens (tertiary/aromatic N) is 5. The van der Waals surface area contributed by atoms with E-state index in [0.717, 1.165) is 98.7 Å². The van der Waals surface area contributed by atoms with E-state index in [4.69, 9.17) is 23.8 Å². The largest absolute Gasteiger partial charge is 0.454 e. The Morgan fingerprint density at radius 2 is 0.897 bits per heavy atom. The van der Waals surface area contributed by atoms with Gasteiger partial charge in [-0.15, -0.1) is 0 Å². The second-order valence-corrected chi connectivity index (χ2v) is 14.7. The van der Waals surface area contributed by atoms with Crippen LogP contribution in [0.3, 0.4) is 0 Å². The summed E-state index contributed by atoms with van der Waals surface area (Å²) in [7, 11) is 0. The Balaban J connectivity index is 1.09. The molecule has 0 saturated heterocycles. The fraction of sp³-hybridized carbons (Fsp3) is 0. The first kappa shape index (κ1) is 31.2. The molecule has 0 fully saturated rings. The summed E-state index contributed by atoms with van der Waals surface area (Å²) in [5, 5.41) is 8.68. The predicted molar refractivity (Wildman–Crippen MR) is 234 cm³/mol. The molecule has 0 unspecified atom stereocenters. The van der Waals surface area contributed by atoms with E-state index in [1.807, 2.05) is 48.5 Å². The van der Waals surface area contributed by atoms with Crippen LogP contribution in [0.15, 0.2) is 185 Å². The van der Waals surface area contributed by atoms with Crippen LogP contribution in [0.2, 0.25) is 0 Å². The number of para-hydroxylation sites is 6. The highest BCUT2D eigenvalue weighted by molar-refractivity contribution is 6.22. The van der Waals surface area contributed by atoms with Gasteiger partial charge in [-0.25, -0.2) is 4.98 Å². The molecule has 7 heteroatoms. The van der Waals surface area contributed by atoms with Crippen molar-refractivity contribution in [2.24, 2.45) is 0 Å². The van der Waals surface area contributed by atoms with Gasteiger partial charge in [0.2, 0.25) is 5.95 Å². The molecular formula is C51H29N5O2. The maximum absolute atomic E-state index is 7.12. The molecular weight excluding hydrogens is 715 g/mol. The minimum atomic E-state index is 0.526. The zero-order chi connectivity index (χ0) is 37.9. The molecule has 270 valence electrons. The molecule has 0 N–H and O–H groups in total. The summed E-state index contributed by atoms with van der Waals surface area (Å²) in [5.41, 5.74) is 9.90. The Morgan fingerprint density at radius 3 is 1.66 bits per heavy atom. The van der Waals surface area contributed by atoms with Crippen LogP contribution in [-0.2, 0) is 0 Å². The van der Waals surface area contributed by atoms with Crippen LogP contribution in [0.4, 0.5) is 0 Å². The monoisotopic (exact) mass is 743 g/mol. The third-order valence-electron chi connectivity index (χ3n) is 11.6. The van der Waals surface area contributed by atoms with Crippen LogP contribution < -0.4 is 0 Å². The first-order valence-electron chi connectivity index (χ1n) is 19.4. The minimum absolute atomic E-state index is 0.526. The highest BCUT2D eigenvalue weighted by atomic mass is 16.3. The number of aromatic nitrogens is 5. The lowest BCUT2D eigenvalue weighted by atomic mass is 10.1. The standard InChI is InChI=1S/C51H29N5O2/c1-2-14-30(15-3-1)49-52-50(54-51(53-49)56-41-24-9-4-16-31(41)32-17-5-10-25-42(32)56)39-22-12-20-36-37-21-13-26-43(47(37)58-46(36)39)55-40-23-8-6-18-33(40)35-28-29-38-34-19-7-11-27-44(34)57-48(38)45(35)55/h1-29H. The summed E-state index contributed by atoms with van der Waals surface area (Å²) < 4.78 is 18.2. The van der Waals surface area contributed by atoms with E-state index in [1.165, 1.54) is 0 Å². The van der Waals surface area contributed by atoms with E-state index in [-0.39, 0.29) is 0 Å². The smallest absolute Gasteiger partial charge is 0.238 e. The van der Waals surface area contributed by atoms with Gasteiger partial charge in [0.15, 0.2) is 22.8 Å². The van der Waals surface area contributed by atoms with Crippen LogP contribution >= 0.6 is 0 Å². The summed E-state index contributed by atoms with van der Waals surface area (Å²) >= 11 is 0. The van der Waals surface area contributed by atoms with Gasteiger partial charge in [0.1, 0.15) is 11.2 Å².